The Hall–Kier alpha value is -1.51. The van der Waals surface area contributed by atoms with E-state index in [0.29, 0.717) is 6.61 Å². The maximum Gasteiger partial charge on any atom is 0.167 e. The fourth-order valence-corrected chi connectivity index (χ4v) is 1.79. The molecule has 0 bridgehead atoms. The maximum atomic E-state index is 5.57. The Labute approximate surface area is 76.0 Å². The normalized spacial score (nSPS) is 28.6. The third kappa shape index (κ3) is 0.932. The van der Waals surface area contributed by atoms with Crippen LogP contribution in [0, 0.1) is 5.92 Å². The number of nitrogens with zero attached hydrogens (tertiary/aromatic N) is 1. The minimum absolute atomic E-state index is 0.0740. The summed E-state index contributed by atoms with van der Waals surface area (Å²) in [6, 6.07) is 7.95. The number of ether oxygens (including phenoxy) is 1. The van der Waals surface area contributed by atoms with Gasteiger partial charge in [0.05, 0.1) is 12.1 Å². The Morgan fingerprint density at radius 2 is 2.23 bits per heavy atom. The van der Waals surface area contributed by atoms with Crippen molar-refractivity contribution >= 4 is 6.21 Å². The van der Waals surface area contributed by atoms with Gasteiger partial charge < -0.3 is 9.57 Å². The number of fused-ring (bicyclic) bond motifs is 3. The second kappa shape index (κ2) is 2.49. The smallest absolute Gasteiger partial charge is 0.167 e. The first-order valence-electron chi connectivity index (χ1n) is 4.36. The first-order chi connectivity index (χ1) is 6.45. The monoisotopic (exact) mass is 175 g/mol. The summed E-state index contributed by atoms with van der Waals surface area (Å²) in [6.07, 6.45) is 1.89. The van der Waals surface area contributed by atoms with Crippen molar-refractivity contribution in [3.05, 3.63) is 29.8 Å². The molecular weight excluding hydrogens is 166 g/mol. The van der Waals surface area contributed by atoms with Gasteiger partial charge in [-0.25, -0.2) is 0 Å². The van der Waals surface area contributed by atoms with Crippen molar-refractivity contribution in [3.8, 4) is 5.75 Å². The summed E-state index contributed by atoms with van der Waals surface area (Å²) >= 11 is 0. The quantitative estimate of drug-likeness (QED) is 0.601. The standard InChI is InChI=1S/C10H9NO2/c1-2-4-9-8(3-1)10-7(6-12-9)5-11-13-10/h1-5,7,10H,6H2/t7-,10-/m1/s1. The molecule has 3 rings (SSSR count). The molecule has 0 saturated carbocycles. The first kappa shape index (κ1) is 6.95. The lowest BCUT2D eigenvalue weighted by atomic mass is 9.95. The highest BCUT2D eigenvalue weighted by atomic mass is 16.6. The Morgan fingerprint density at radius 3 is 3.23 bits per heavy atom. The lowest BCUT2D eigenvalue weighted by Crippen LogP contribution is -2.24. The molecule has 0 radical (unpaired) electrons. The van der Waals surface area contributed by atoms with E-state index in [1.165, 1.54) is 0 Å². The van der Waals surface area contributed by atoms with E-state index in [1.807, 2.05) is 30.5 Å². The molecular formula is C10H9NO2. The number of oxime groups is 1. The summed E-state index contributed by atoms with van der Waals surface area (Å²) in [5.74, 6) is 1.21. The fraction of sp³-hybridized carbons (Fsp3) is 0.300. The molecule has 2 aliphatic rings. The average molecular weight is 175 g/mol. The average Bonchev–Trinajstić information content (AvgIpc) is 2.65. The van der Waals surface area contributed by atoms with Crippen LogP contribution < -0.4 is 4.74 Å². The highest BCUT2D eigenvalue weighted by molar-refractivity contribution is 5.64. The van der Waals surface area contributed by atoms with Gasteiger partial charge in [-0.15, -0.1) is 0 Å². The van der Waals surface area contributed by atoms with E-state index in [9.17, 15) is 0 Å². The molecule has 0 aromatic heterocycles. The van der Waals surface area contributed by atoms with E-state index in [-0.39, 0.29) is 12.0 Å². The number of hydrogen-bond acceptors (Lipinski definition) is 3. The minimum atomic E-state index is 0.0740. The van der Waals surface area contributed by atoms with Crippen LogP contribution in [0.3, 0.4) is 0 Å². The van der Waals surface area contributed by atoms with E-state index in [0.717, 1.165) is 11.3 Å². The van der Waals surface area contributed by atoms with Gasteiger partial charge in [0.15, 0.2) is 6.10 Å². The van der Waals surface area contributed by atoms with Gasteiger partial charge >= 0.3 is 0 Å². The van der Waals surface area contributed by atoms with Crippen molar-refractivity contribution in [2.45, 2.75) is 6.10 Å². The zero-order chi connectivity index (χ0) is 8.67. The molecule has 0 unspecified atom stereocenters. The highest BCUT2D eigenvalue weighted by Gasteiger charge is 2.34. The maximum absolute atomic E-state index is 5.57. The Balaban J connectivity index is 2.08. The van der Waals surface area contributed by atoms with Gasteiger partial charge in [0, 0.05) is 5.56 Å². The zero-order valence-electron chi connectivity index (χ0n) is 7.01. The molecule has 0 fully saturated rings. The molecule has 0 amide bonds. The predicted octanol–water partition coefficient (Wildman–Crippen LogP) is 1.75. The summed E-state index contributed by atoms with van der Waals surface area (Å²) in [5, 5.41) is 3.82. The molecule has 1 aromatic rings. The molecule has 3 nitrogen and oxygen atoms in total. The fourth-order valence-electron chi connectivity index (χ4n) is 1.79. The Bertz CT molecular complexity index is 362. The van der Waals surface area contributed by atoms with Crippen LogP contribution in [0.2, 0.25) is 0 Å². The summed E-state index contributed by atoms with van der Waals surface area (Å²) in [5.41, 5.74) is 1.11. The van der Waals surface area contributed by atoms with Crippen molar-refractivity contribution in [1.82, 2.24) is 0 Å². The third-order valence-corrected chi connectivity index (χ3v) is 2.47. The lowest BCUT2D eigenvalue weighted by molar-refractivity contribution is 0.0332. The van der Waals surface area contributed by atoms with Crippen molar-refractivity contribution in [3.63, 3.8) is 0 Å². The van der Waals surface area contributed by atoms with Crippen LogP contribution in [0.1, 0.15) is 11.7 Å². The van der Waals surface area contributed by atoms with Gasteiger partial charge in [0.2, 0.25) is 0 Å². The first-order valence-corrected chi connectivity index (χ1v) is 4.36. The van der Waals surface area contributed by atoms with E-state index in [2.05, 4.69) is 5.16 Å². The van der Waals surface area contributed by atoms with E-state index < -0.39 is 0 Å². The molecule has 2 atom stereocenters. The second-order valence-electron chi connectivity index (χ2n) is 3.29. The molecule has 1 aromatic carbocycles. The number of hydrogen-bond donors (Lipinski definition) is 0. The zero-order valence-corrected chi connectivity index (χ0v) is 7.01. The minimum Gasteiger partial charge on any atom is -0.492 e. The Kier molecular flexibility index (Phi) is 1.33. The highest BCUT2D eigenvalue weighted by Crippen LogP contribution is 2.39. The van der Waals surface area contributed by atoms with Crippen LogP contribution in [0.5, 0.6) is 5.75 Å². The predicted molar refractivity (Wildman–Crippen MR) is 47.7 cm³/mol. The molecule has 13 heavy (non-hydrogen) atoms. The number of para-hydroxylation sites is 1. The van der Waals surface area contributed by atoms with E-state index in [1.54, 1.807) is 0 Å². The van der Waals surface area contributed by atoms with Gasteiger partial charge in [0.1, 0.15) is 12.4 Å². The SMILES string of the molecule is C1=NO[C@H]2c3ccccc3OC[C@@H]12. The van der Waals surface area contributed by atoms with Gasteiger partial charge in [-0.2, -0.15) is 0 Å². The molecule has 2 aliphatic heterocycles. The molecule has 3 heteroatoms. The number of benzene rings is 1. The molecule has 0 N–H and O–H groups in total. The largest absolute Gasteiger partial charge is 0.492 e. The second-order valence-corrected chi connectivity index (χ2v) is 3.29. The van der Waals surface area contributed by atoms with E-state index >= 15 is 0 Å². The molecule has 0 aliphatic carbocycles. The molecule has 2 heterocycles. The van der Waals surface area contributed by atoms with Crippen LogP contribution in [0.15, 0.2) is 29.4 Å². The van der Waals surface area contributed by atoms with Crippen molar-refractivity contribution in [1.29, 1.82) is 0 Å². The topological polar surface area (TPSA) is 30.8 Å². The van der Waals surface area contributed by atoms with Gasteiger partial charge in [-0.3, -0.25) is 0 Å². The van der Waals surface area contributed by atoms with Crippen LogP contribution in [0.25, 0.3) is 0 Å². The van der Waals surface area contributed by atoms with Crippen molar-refractivity contribution in [2.24, 2.45) is 11.1 Å². The summed E-state index contributed by atoms with van der Waals surface area (Å²) in [7, 11) is 0. The van der Waals surface area contributed by atoms with Gasteiger partial charge in [-0.1, -0.05) is 23.4 Å². The van der Waals surface area contributed by atoms with Crippen molar-refractivity contribution < 1.29 is 9.57 Å². The Morgan fingerprint density at radius 1 is 1.31 bits per heavy atom. The van der Waals surface area contributed by atoms with Crippen LogP contribution >= 0.6 is 0 Å². The van der Waals surface area contributed by atoms with Crippen LogP contribution in [0.4, 0.5) is 0 Å². The van der Waals surface area contributed by atoms with Crippen LogP contribution in [-0.2, 0) is 4.84 Å². The van der Waals surface area contributed by atoms with E-state index in [4.69, 9.17) is 9.57 Å². The van der Waals surface area contributed by atoms with Gasteiger partial charge in [0.25, 0.3) is 0 Å². The molecule has 66 valence electrons. The third-order valence-electron chi connectivity index (χ3n) is 2.47. The molecule has 0 saturated heterocycles. The van der Waals surface area contributed by atoms with Crippen LogP contribution in [-0.4, -0.2) is 12.8 Å². The molecule has 0 spiro atoms. The van der Waals surface area contributed by atoms with Crippen molar-refractivity contribution in [2.75, 3.05) is 6.61 Å². The summed E-state index contributed by atoms with van der Waals surface area (Å²) < 4.78 is 5.57. The van der Waals surface area contributed by atoms with Gasteiger partial charge in [-0.05, 0) is 6.07 Å². The summed E-state index contributed by atoms with van der Waals surface area (Å²) in [6.45, 7) is 0.672. The number of rotatable bonds is 0. The lowest BCUT2D eigenvalue weighted by Gasteiger charge is -2.25. The summed E-state index contributed by atoms with van der Waals surface area (Å²) in [4.78, 5) is 5.27.